The Kier molecular flexibility index (Phi) is 7.65. The molecule has 0 spiro atoms. The zero-order valence-electron chi connectivity index (χ0n) is 18.0. The zero-order chi connectivity index (χ0) is 23.3. The normalized spacial score (nSPS) is 10.6. The monoisotopic (exact) mass is 474 g/mol. The van der Waals surface area contributed by atoms with Crippen molar-refractivity contribution >= 4 is 46.6 Å². The first-order valence-corrected chi connectivity index (χ1v) is 11.5. The van der Waals surface area contributed by atoms with E-state index in [4.69, 9.17) is 9.47 Å². The van der Waals surface area contributed by atoms with Crippen LogP contribution in [0.1, 0.15) is 32.5 Å². The van der Waals surface area contributed by atoms with Gasteiger partial charge in [-0.2, -0.15) is 0 Å². The van der Waals surface area contributed by atoms with Crippen LogP contribution in [0.25, 0.3) is 11.4 Å². The van der Waals surface area contributed by atoms with Gasteiger partial charge < -0.3 is 19.4 Å². The summed E-state index contributed by atoms with van der Waals surface area (Å²) < 4.78 is 11.4. The maximum Gasteiger partial charge on any atom is 0.337 e. The number of esters is 2. The summed E-state index contributed by atoms with van der Waals surface area (Å²) in [4.78, 5) is 37.5. The molecule has 0 aliphatic rings. The first-order valence-electron chi connectivity index (χ1n) is 9.59. The van der Waals surface area contributed by atoms with E-state index in [0.29, 0.717) is 11.7 Å². The highest BCUT2D eigenvalue weighted by Gasteiger charge is 2.17. The number of hydrogen-bond acceptors (Lipinski definition) is 9. The van der Waals surface area contributed by atoms with E-state index in [0.717, 1.165) is 11.4 Å². The number of thioether (sulfide) groups is 1. The van der Waals surface area contributed by atoms with Crippen LogP contribution >= 0.6 is 23.1 Å². The van der Waals surface area contributed by atoms with Gasteiger partial charge in [0.15, 0.2) is 11.0 Å². The number of hydrogen-bond donors (Lipinski definition) is 1. The number of nitrogens with one attached hydrogen (secondary N) is 1. The van der Waals surface area contributed by atoms with Crippen molar-refractivity contribution < 1.29 is 23.9 Å². The quantitative estimate of drug-likeness (QED) is 0.389. The van der Waals surface area contributed by atoms with Gasteiger partial charge in [-0.3, -0.25) is 4.79 Å². The minimum atomic E-state index is -0.632. The van der Waals surface area contributed by atoms with Gasteiger partial charge in [-0.1, -0.05) is 11.8 Å². The molecule has 9 nitrogen and oxygen atoms in total. The first-order chi connectivity index (χ1) is 15.4. The lowest BCUT2D eigenvalue weighted by Crippen LogP contribution is -2.16. The van der Waals surface area contributed by atoms with Crippen molar-refractivity contribution in [2.45, 2.75) is 25.5 Å². The maximum absolute atomic E-state index is 12.5. The molecule has 32 heavy (non-hydrogen) atoms. The molecule has 11 heteroatoms. The number of carbonyl (C=O) groups excluding carboxylic acids is 3. The topological polar surface area (TPSA) is 112 Å². The number of aromatic nitrogens is 3. The molecule has 2 heterocycles. The van der Waals surface area contributed by atoms with Gasteiger partial charge in [0.25, 0.3) is 0 Å². The second-order valence-electron chi connectivity index (χ2n) is 6.62. The molecule has 0 bridgehead atoms. The Balaban J connectivity index is 1.73. The molecule has 1 N–H and O–H groups in total. The molecule has 0 aliphatic heterocycles. The number of nitrogens with zero attached hydrogens (tertiary/aromatic N) is 3. The summed E-state index contributed by atoms with van der Waals surface area (Å²) in [7, 11) is 2.47. The van der Waals surface area contributed by atoms with Crippen LogP contribution in [0.2, 0.25) is 0 Å². The Hall–Kier alpha value is -3.18. The van der Waals surface area contributed by atoms with Crippen LogP contribution in [0.5, 0.6) is 0 Å². The van der Waals surface area contributed by atoms with Crippen molar-refractivity contribution in [2.24, 2.45) is 0 Å². The summed E-state index contributed by atoms with van der Waals surface area (Å²) in [5.41, 5.74) is 1.53. The highest BCUT2D eigenvalue weighted by molar-refractivity contribution is 7.99. The largest absolute Gasteiger partial charge is 0.465 e. The van der Waals surface area contributed by atoms with Crippen LogP contribution in [-0.2, 0) is 20.8 Å². The number of ether oxygens (including phenoxy) is 2. The Labute approximate surface area is 193 Å². The van der Waals surface area contributed by atoms with Crippen LogP contribution in [0.15, 0.2) is 34.8 Å². The molecule has 0 radical (unpaired) electrons. The number of amides is 1. The van der Waals surface area contributed by atoms with Gasteiger partial charge in [-0.25, -0.2) is 9.59 Å². The molecule has 0 unspecified atom stereocenters. The highest BCUT2D eigenvalue weighted by atomic mass is 32.2. The van der Waals surface area contributed by atoms with Crippen molar-refractivity contribution in [1.29, 1.82) is 0 Å². The molecule has 1 aromatic carbocycles. The Morgan fingerprint density at radius 1 is 1.06 bits per heavy atom. The van der Waals surface area contributed by atoms with E-state index in [1.165, 1.54) is 49.1 Å². The minimum Gasteiger partial charge on any atom is -0.465 e. The third kappa shape index (κ3) is 5.35. The van der Waals surface area contributed by atoms with Gasteiger partial charge in [0.1, 0.15) is 0 Å². The highest BCUT2D eigenvalue weighted by Crippen LogP contribution is 2.27. The van der Waals surface area contributed by atoms with Gasteiger partial charge in [-0.05, 0) is 38.1 Å². The van der Waals surface area contributed by atoms with Crippen LogP contribution < -0.4 is 5.32 Å². The maximum atomic E-state index is 12.5. The van der Waals surface area contributed by atoms with Crippen molar-refractivity contribution in [1.82, 2.24) is 14.8 Å². The molecular weight excluding hydrogens is 452 g/mol. The molecule has 1 amide bonds. The average Bonchev–Trinajstić information content (AvgIpc) is 3.41. The van der Waals surface area contributed by atoms with Gasteiger partial charge in [0.2, 0.25) is 5.91 Å². The molecule has 0 saturated carbocycles. The lowest BCUT2D eigenvalue weighted by molar-refractivity contribution is -0.113. The van der Waals surface area contributed by atoms with E-state index in [1.54, 1.807) is 11.3 Å². The average molecular weight is 475 g/mol. The molecular formula is C21H22N4O5S2. The van der Waals surface area contributed by atoms with E-state index in [9.17, 15) is 14.4 Å². The van der Waals surface area contributed by atoms with Gasteiger partial charge in [0, 0.05) is 28.1 Å². The predicted octanol–water partition coefficient (Wildman–Crippen LogP) is 3.64. The zero-order valence-corrected chi connectivity index (χ0v) is 19.6. The molecule has 3 aromatic rings. The molecule has 0 aliphatic carbocycles. The predicted molar refractivity (Wildman–Crippen MR) is 122 cm³/mol. The van der Waals surface area contributed by atoms with E-state index in [2.05, 4.69) is 21.6 Å². The SMILES string of the molecule is CCn1c(SCC(=O)Nc2cc(C(=O)OC)cc(C(=O)OC)c2)nnc1-c1csc(C)c1. The Morgan fingerprint density at radius 2 is 1.72 bits per heavy atom. The number of anilines is 1. The van der Waals surface area contributed by atoms with Crippen molar-refractivity contribution in [3.63, 3.8) is 0 Å². The molecule has 168 valence electrons. The third-order valence-electron chi connectivity index (χ3n) is 4.41. The van der Waals surface area contributed by atoms with Gasteiger partial charge >= 0.3 is 11.9 Å². The van der Waals surface area contributed by atoms with E-state index in [1.807, 2.05) is 23.8 Å². The number of thiophene rings is 1. The summed E-state index contributed by atoms with van der Waals surface area (Å²) in [6.07, 6.45) is 0. The van der Waals surface area contributed by atoms with Gasteiger partial charge in [-0.15, -0.1) is 21.5 Å². The van der Waals surface area contributed by atoms with E-state index in [-0.39, 0.29) is 28.5 Å². The number of rotatable bonds is 8. The first kappa shape index (κ1) is 23.5. The fraction of sp³-hybridized carbons (Fsp3) is 0.286. The molecule has 0 saturated heterocycles. The number of benzene rings is 1. The summed E-state index contributed by atoms with van der Waals surface area (Å²) in [6.45, 7) is 4.68. The van der Waals surface area contributed by atoms with Crippen LogP contribution in [0.4, 0.5) is 5.69 Å². The third-order valence-corrected chi connectivity index (χ3v) is 6.24. The smallest absolute Gasteiger partial charge is 0.337 e. The standard InChI is InChI=1S/C21H22N4O5S2/c1-5-25-18(15-6-12(2)31-10-15)23-24-21(25)32-11-17(26)22-16-8-13(19(27)29-3)7-14(9-16)20(28)30-4/h6-10H,5,11H2,1-4H3,(H,22,26). The molecule has 3 rings (SSSR count). The van der Waals surface area contributed by atoms with Gasteiger partial charge in [0.05, 0.1) is 31.1 Å². The second-order valence-corrected chi connectivity index (χ2v) is 8.67. The lowest BCUT2D eigenvalue weighted by atomic mass is 10.1. The van der Waals surface area contributed by atoms with Crippen LogP contribution in [-0.4, -0.2) is 52.6 Å². The lowest BCUT2D eigenvalue weighted by Gasteiger charge is -2.10. The minimum absolute atomic E-state index is 0.0663. The Bertz CT molecular complexity index is 1120. The number of methoxy groups -OCH3 is 2. The molecule has 2 aromatic heterocycles. The summed E-state index contributed by atoms with van der Waals surface area (Å²) in [5.74, 6) is -0.767. The summed E-state index contributed by atoms with van der Waals surface area (Å²) >= 11 is 2.89. The number of carbonyl (C=O) groups is 3. The van der Waals surface area contributed by atoms with Crippen molar-refractivity contribution in [3.8, 4) is 11.4 Å². The fourth-order valence-electron chi connectivity index (χ4n) is 2.95. The Morgan fingerprint density at radius 3 is 2.25 bits per heavy atom. The summed E-state index contributed by atoms with van der Waals surface area (Å²) in [6, 6.07) is 6.27. The van der Waals surface area contributed by atoms with Crippen LogP contribution in [0, 0.1) is 6.92 Å². The van der Waals surface area contributed by atoms with Crippen LogP contribution in [0.3, 0.4) is 0 Å². The van der Waals surface area contributed by atoms with Crippen molar-refractivity contribution in [3.05, 3.63) is 45.6 Å². The fourth-order valence-corrected chi connectivity index (χ4v) is 4.44. The number of aryl methyl sites for hydroxylation is 1. The molecule has 0 fully saturated rings. The van der Waals surface area contributed by atoms with E-state index < -0.39 is 11.9 Å². The van der Waals surface area contributed by atoms with E-state index >= 15 is 0 Å². The van der Waals surface area contributed by atoms with Crippen molar-refractivity contribution in [2.75, 3.05) is 25.3 Å². The summed E-state index contributed by atoms with van der Waals surface area (Å²) in [5, 5.41) is 13.9. The second kappa shape index (κ2) is 10.4. The molecule has 0 atom stereocenters.